The molecule has 1 heterocycles. The van der Waals surface area contributed by atoms with E-state index in [1.165, 1.54) is 5.56 Å². The summed E-state index contributed by atoms with van der Waals surface area (Å²) in [6.07, 6.45) is 2.66. The second-order valence-corrected chi connectivity index (χ2v) is 4.18. The highest BCUT2D eigenvalue weighted by Crippen LogP contribution is 2.06. The third kappa shape index (κ3) is 2.75. The van der Waals surface area contributed by atoms with Gasteiger partial charge in [-0.1, -0.05) is 18.2 Å². The van der Waals surface area contributed by atoms with Gasteiger partial charge in [0.15, 0.2) is 0 Å². The number of nitrogens with zero attached hydrogens (tertiary/aromatic N) is 1. The lowest BCUT2D eigenvalue weighted by Gasteiger charge is -2.06. The summed E-state index contributed by atoms with van der Waals surface area (Å²) in [4.78, 5) is 11.8. The number of pyridine rings is 1. The Balaban J connectivity index is 2.10. The van der Waals surface area contributed by atoms with Crippen molar-refractivity contribution in [3.63, 3.8) is 0 Å². The van der Waals surface area contributed by atoms with Gasteiger partial charge in [0.05, 0.1) is 0 Å². The van der Waals surface area contributed by atoms with E-state index in [-0.39, 0.29) is 5.56 Å². The van der Waals surface area contributed by atoms with Crippen LogP contribution in [0.3, 0.4) is 0 Å². The summed E-state index contributed by atoms with van der Waals surface area (Å²) in [7, 11) is 0. The molecule has 17 heavy (non-hydrogen) atoms. The molecule has 0 saturated carbocycles. The monoisotopic (exact) mass is 228 g/mol. The number of anilines is 1. The van der Waals surface area contributed by atoms with Gasteiger partial charge in [-0.15, -0.1) is 0 Å². The van der Waals surface area contributed by atoms with E-state index < -0.39 is 0 Å². The highest BCUT2D eigenvalue weighted by atomic mass is 16.1. The predicted octanol–water partition coefficient (Wildman–Crippen LogP) is 1.98. The maximum Gasteiger partial charge on any atom is 0.253 e. The molecule has 0 amide bonds. The van der Waals surface area contributed by atoms with E-state index in [0.717, 1.165) is 17.7 Å². The molecule has 0 aliphatic rings. The van der Waals surface area contributed by atoms with Crippen LogP contribution in [0.25, 0.3) is 0 Å². The molecule has 1 aromatic carbocycles. The summed E-state index contributed by atoms with van der Waals surface area (Å²) in [5.41, 5.74) is 8.44. The van der Waals surface area contributed by atoms with Crippen LogP contribution in [0, 0.1) is 6.92 Å². The molecule has 0 atom stereocenters. The summed E-state index contributed by atoms with van der Waals surface area (Å²) in [5, 5.41) is 0. The molecule has 2 N–H and O–H groups in total. The van der Waals surface area contributed by atoms with Gasteiger partial charge in [0.1, 0.15) is 0 Å². The highest BCUT2D eigenvalue weighted by Gasteiger charge is 1.99. The molecule has 2 rings (SSSR count). The maximum atomic E-state index is 11.8. The van der Waals surface area contributed by atoms with Gasteiger partial charge >= 0.3 is 0 Å². The Hall–Kier alpha value is -2.03. The number of aromatic nitrogens is 1. The van der Waals surface area contributed by atoms with E-state index in [9.17, 15) is 4.79 Å². The van der Waals surface area contributed by atoms with Gasteiger partial charge < -0.3 is 10.3 Å². The van der Waals surface area contributed by atoms with Crippen molar-refractivity contribution in [2.24, 2.45) is 0 Å². The topological polar surface area (TPSA) is 48.0 Å². The van der Waals surface area contributed by atoms with Gasteiger partial charge in [-0.2, -0.15) is 0 Å². The first kappa shape index (κ1) is 11.5. The predicted molar refractivity (Wildman–Crippen MR) is 70.0 cm³/mol. The van der Waals surface area contributed by atoms with Crippen molar-refractivity contribution in [2.75, 3.05) is 5.73 Å². The molecule has 3 heteroatoms. The smallest absolute Gasteiger partial charge is 0.253 e. The minimum Gasteiger partial charge on any atom is -0.399 e. The van der Waals surface area contributed by atoms with Crippen LogP contribution < -0.4 is 11.3 Å². The number of hydrogen-bond donors (Lipinski definition) is 1. The second kappa shape index (κ2) is 4.87. The Bertz CT molecular complexity index is 555. The van der Waals surface area contributed by atoms with Gasteiger partial charge in [-0.25, -0.2) is 0 Å². The molecule has 1 aromatic heterocycles. The zero-order valence-corrected chi connectivity index (χ0v) is 9.89. The van der Waals surface area contributed by atoms with Crippen molar-refractivity contribution in [1.29, 1.82) is 0 Å². The van der Waals surface area contributed by atoms with Crippen LogP contribution in [0.15, 0.2) is 47.4 Å². The Morgan fingerprint density at radius 3 is 2.59 bits per heavy atom. The fourth-order valence-electron chi connectivity index (χ4n) is 1.77. The van der Waals surface area contributed by atoms with Crippen LogP contribution in [0.4, 0.5) is 5.69 Å². The lowest BCUT2D eigenvalue weighted by molar-refractivity contribution is 0.665. The summed E-state index contributed by atoms with van der Waals surface area (Å²) in [6, 6.07) is 11.5. The molecule has 3 nitrogen and oxygen atoms in total. The fraction of sp³-hybridized carbons (Fsp3) is 0.214. The summed E-state index contributed by atoms with van der Waals surface area (Å²) in [6.45, 7) is 2.53. The molecule has 0 unspecified atom stereocenters. The van der Waals surface area contributed by atoms with Crippen molar-refractivity contribution in [2.45, 2.75) is 19.9 Å². The molecule has 2 aromatic rings. The van der Waals surface area contributed by atoms with Gasteiger partial charge in [0.25, 0.3) is 5.56 Å². The highest BCUT2D eigenvalue weighted by molar-refractivity contribution is 5.39. The van der Waals surface area contributed by atoms with Crippen LogP contribution in [0.1, 0.15) is 11.1 Å². The Labute approximate surface area is 101 Å². The summed E-state index contributed by atoms with van der Waals surface area (Å²) < 4.78 is 1.74. The molecule has 0 saturated heterocycles. The van der Waals surface area contributed by atoms with Crippen LogP contribution in [0.2, 0.25) is 0 Å². The van der Waals surface area contributed by atoms with Crippen molar-refractivity contribution < 1.29 is 0 Å². The molecule has 88 valence electrons. The third-order valence-corrected chi connectivity index (χ3v) is 2.83. The normalized spacial score (nSPS) is 10.4. The number of nitrogens with two attached hydrogens (primary N) is 1. The molecule has 0 fully saturated rings. The van der Waals surface area contributed by atoms with E-state index in [0.29, 0.717) is 6.54 Å². The van der Waals surface area contributed by atoms with Crippen molar-refractivity contribution >= 4 is 5.69 Å². The van der Waals surface area contributed by atoms with E-state index in [1.54, 1.807) is 4.57 Å². The van der Waals surface area contributed by atoms with Gasteiger partial charge in [0, 0.05) is 24.0 Å². The average molecular weight is 228 g/mol. The number of nitrogen functional groups attached to an aromatic ring is 1. The lowest BCUT2D eigenvalue weighted by Crippen LogP contribution is -2.22. The molecule has 0 aliphatic heterocycles. The van der Waals surface area contributed by atoms with E-state index in [4.69, 9.17) is 5.73 Å². The van der Waals surface area contributed by atoms with Crippen LogP contribution in [0.5, 0.6) is 0 Å². The third-order valence-electron chi connectivity index (χ3n) is 2.83. The van der Waals surface area contributed by atoms with E-state index in [2.05, 4.69) is 0 Å². The maximum absolute atomic E-state index is 11.8. The lowest BCUT2D eigenvalue weighted by atomic mass is 10.1. The van der Waals surface area contributed by atoms with Crippen LogP contribution in [-0.4, -0.2) is 4.57 Å². The Morgan fingerprint density at radius 1 is 1.18 bits per heavy atom. The molecule has 0 radical (unpaired) electrons. The molecule has 0 spiro atoms. The standard InChI is InChI=1S/C14H16N2O/c1-11-3-2-9-16(14(11)17)10-8-12-4-6-13(15)7-5-12/h2-7,9H,8,10,15H2,1H3. The number of benzene rings is 1. The van der Waals surface area contributed by atoms with Crippen molar-refractivity contribution in [1.82, 2.24) is 4.57 Å². The van der Waals surface area contributed by atoms with Gasteiger partial charge in [-0.05, 0) is 37.1 Å². The van der Waals surface area contributed by atoms with Crippen molar-refractivity contribution in [3.05, 3.63) is 64.1 Å². The minimum atomic E-state index is 0.0861. The first-order chi connectivity index (χ1) is 8.16. The molecule has 0 aliphatic carbocycles. The molecular weight excluding hydrogens is 212 g/mol. The number of aryl methyl sites for hydroxylation is 3. The largest absolute Gasteiger partial charge is 0.399 e. The van der Waals surface area contributed by atoms with E-state index in [1.807, 2.05) is 49.5 Å². The summed E-state index contributed by atoms with van der Waals surface area (Å²) in [5.74, 6) is 0. The van der Waals surface area contributed by atoms with Crippen LogP contribution in [-0.2, 0) is 13.0 Å². The first-order valence-corrected chi connectivity index (χ1v) is 5.67. The second-order valence-electron chi connectivity index (χ2n) is 4.18. The Morgan fingerprint density at radius 2 is 1.88 bits per heavy atom. The van der Waals surface area contributed by atoms with Crippen LogP contribution >= 0.6 is 0 Å². The zero-order chi connectivity index (χ0) is 12.3. The van der Waals surface area contributed by atoms with E-state index >= 15 is 0 Å². The Kier molecular flexibility index (Phi) is 3.28. The van der Waals surface area contributed by atoms with Crippen molar-refractivity contribution in [3.8, 4) is 0 Å². The minimum absolute atomic E-state index is 0.0861. The fourth-order valence-corrected chi connectivity index (χ4v) is 1.77. The number of hydrogen-bond acceptors (Lipinski definition) is 2. The quantitative estimate of drug-likeness (QED) is 0.817. The molecular formula is C14H16N2O. The SMILES string of the molecule is Cc1cccn(CCc2ccc(N)cc2)c1=O. The van der Waals surface area contributed by atoms with Gasteiger partial charge in [-0.3, -0.25) is 4.79 Å². The molecule has 0 bridgehead atoms. The summed E-state index contributed by atoms with van der Waals surface area (Å²) >= 11 is 0. The average Bonchev–Trinajstić information content (AvgIpc) is 2.33. The number of rotatable bonds is 3. The zero-order valence-electron chi connectivity index (χ0n) is 9.89. The van der Waals surface area contributed by atoms with Gasteiger partial charge in [0.2, 0.25) is 0 Å². The first-order valence-electron chi connectivity index (χ1n) is 5.67.